The third-order valence-electron chi connectivity index (χ3n) is 5.12. The summed E-state index contributed by atoms with van der Waals surface area (Å²) in [4.78, 5) is 28.3. The maximum atomic E-state index is 12.7. The molecule has 4 aromatic rings. The number of methoxy groups -OCH3 is 1. The Morgan fingerprint density at radius 1 is 1.16 bits per heavy atom. The average Bonchev–Trinajstić information content (AvgIpc) is 2.79. The van der Waals surface area contributed by atoms with E-state index in [9.17, 15) is 9.59 Å². The van der Waals surface area contributed by atoms with Crippen molar-refractivity contribution in [1.29, 1.82) is 0 Å². The molecule has 3 aromatic carbocycles. The van der Waals surface area contributed by atoms with E-state index in [1.807, 2.05) is 36.4 Å². The van der Waals surface area contributed by atoms with Crippen molar-refractivity contribution >= 4 is 39.8 Å². The van der Waals surface area contributed by atoms with E-state index >= 15 is 0 Å². The van der Waals surface area contributed by atoms with Crippen molar-refractivity contribution < 1.29 is 9.53 Å². The van der Waals surface area contributed by atoms with Crippen molar-refractivity contribution in [1.82, 2.24) is 14.9 Å². The standard InChI is InChI=1S/C24H21N3O3S/c1-3-10-27-23(29)20-9-7-18(13-21(20)26-24(27)31)22(28)25-14-15-4-5-17-12-19(30-2)8-6-16(17)11-15/h3-9,11-13H,1,10,14H2,2H3,(H,25,28)(H,26,31). The van der Waals surface area contributed by atoms with Crippen LogP contribution >= 0.6 is 12.2 Å². The Bertz CT molecular complexity index is 1440. The van der Waals surface area contributed by atoms with Gasteiger partial charge in [0.1, 0.15) is 5.75 Å². The van der Waals surface area contributed by atoms with Crippen molar-refractivity contribution in [2.24, 2.45) is 0 Å². The minimum atomic E-state index is -0.230. The molecule has 4 rings (SSSR count). The predicted molar refractivity (Wildman–Crippen MR) is 125 cm³/mol. The molecule has 1 heterocycles. The molecule has 0 bridgehead atoms. The zero-order valence-corrected chi connectivity index (χ0v) is 17.8. The molecule has 7 heteroatoms. The number of fused-ring (bicyclic) bond motifs is 2. The van der Waals surface area contributed by atoms with E-state index in [-0.39, 0.29) is 11.5 Å². The molecule has 0 atom stereocenters. The highest BCUT2D eigenvalue weighted by molar-refractivity contribution is 7.71. The summed E-state index contributed by atoms with van der Waals surface area (Å²) in [6.45, 7) is 4.36. The fourth-order valence-electron chi connectivity index (χ4n) is 3.49. The van der Waals surface area contributed by atoms with Crippen LogP contribution in [-0.2, 0) is 13.1 Å². The first-order valence-electron chi connectivity index (χ1n) is 9.73. The lowest BCUT2D eigenvalue weighted by atomic mass is 10.1. The van der Waals surface area contributed by atoms with E-state index in [0.717, 1.165) is 22.1 Å². The number of aromatic amines is 1. The quantitative estimate of drug-likeness (QED) is 0.352. The molecule has 0 radical (unpaired) electrons. The third-order valence-corrected chi connectivity index (χ3v) is 5.44. The van der Waals surface area contributed by atoms with E-state index < -0.39 is 0 Å². The fourth-order valence-corrected chi connectivity index (χ4v) is 3.75. The van der Waals surface area contributed by atoms with Crippen LogP contribution in [0.25, 0.3) is 21.7 Å². The second-order valence-corrected chi connectivity index (χ2v) is 7.51. The number of aromatic nitrogens is 2. The molecule has 0 saturated heterocycles. The summed E-state index contributed by atoms with van der Waals surface area (Å²) in [5, 5.41) is 5.54. The van der Waals surface area contributed by atoms with Gasteiger partial charge in [-0.3, -0.25) is 14.2 Å². The topological polar surface area (TPSA) is 76.1 Å². The number of amides is 1. The zero-order valence-electron chi connectivity index (χ0n) is 17.0. The smallest absolute Gasteiger partial charge is 0.262 e. The second kappa shape index (κ2) is 8.57. The lowest BCUT2D eigenvalue weighted by molar-refractivity contribution is 0.0951. The minimum absolute atomic E-state index is 0.210. The highest BCUT2D eigenvalue weighted by atomic mass is 32.1. The summed E-state index contributed by atoms with van der Waals surface area (Å²) in [5.74, 6) is 0.575. The van der Waals surface area contributed by atoms with E-state index in [4.69, 9.17) is 17.0 Å². The minimum Gasteiger partial charge on any atom is -0.497 e. The van der Waals surface area contributed by atoms with Crippen molar-refractivity contribution in [2.75, 3.05) is 7.11 Å². The number of H-pyrrole nitrogens is 1. The third kappa shape index (κ3) is 4.13. The van der Waals surface area contributed by atoms with E-state index in [2.05, 4.69) is 16.9 Å². The highest BCUT2D eigenvalue weighted by Gasteiger charge is 2.10. The van der Waals surface area contributed by atoms with E-state index in [1.165, 1.54) is 4.57 Å². The van der Waals surface area contributed by atoms with Crippen LogP contribution < -0.4 is 15.6 Å². The van der Waals surface area contributed by atoms with Gasteiger partial charge < -0.3 is 15.0 Å². The van der Waals surface area contributed by atoms with E-state index in [0.29, 0.717) is 34.3 Å². The summed E-state index contributed by atoms with van der Waals surface area (Å²) in [6, 6.07) is 16.8. The Balaban J connectivity index is 1.55. The predicted octanol–water partition coefficient (Wildman–Crippen LogP) is 4.34. The summed E-state index contributed by atoms with van der Waals surface area (Å²) in [5.41, 5.74) is 1.75. The van der Waals surface area contributed by atoms with Crippen LogP contribution in [0.3, 0.4) is 0 Å². The van der Waals surface area contributed by atoms with Gasteiger partial charge in [0.25, 0.3) is 11.5 Å². The maximum absolute atomic E-state index is 12.7. The summed E-state index contributed by atoms with van der Waals surface area (Å²) < 4.78 is 6.98. The molecule has 6 nitrogen and oxygen atoms in total. The van der Waals surface area contributed by atoms with Crippen LogP contribution in [0.1, 0.15) is 15.9 Å². The normalized spacial score (nSPS) is 10.9. The van der Waals surface area contributed by atoms with Crippen LogP contribution in [0.4, 0.5) is 0 Å². The Labute approximate surface area is 183 Å². The van der Waals surface area contributed by atoms with Crippen molar-refractivity contribution in [3.63, 3.8) is 0 Å². The Morgan fingerprint density at radius 3 is 2.71 bits per heavy atom. The van der Waals surface area contributed by atoms with Gasteiger partial charge in [0.05, 0.1) is 18.0 Å². The van der Waals surface area contributed by atoms with Crippen molar-refractivity contribution in [3.8, 4) is 5.75 Å². The summed E-state index contributed by atoms with van der Waals surface area (Å²) >= 11 is 5.26. The molecule has 0 aliphatic rings. The second-order valence-electron chi connectivity index (χ2n) is 7.13. The monoisotopic (exact) mass is 431 g/mol. The molecule has 31 heavy (non-hydrogen) atoms. The van der Waals surface area contributed by atoms with Crippen LogP contribution in [0.15, 0.2) is 72.0 Å². The molecule has 0 unspecified atom stereocenters. The SMILES string of the molecule is C=CCn1c(=S)[nH]c2cc(C(=O)NCc3ccc4cc(OC)ccc4c3)ccc2c1=O. The molecule has 1 amide bonds. The number of ether oxygens (including phenoxy) is 1. The maximum Gasteiger partial charge on any atom is 0.262 e. The molecule has 2 N–H and O–H groups in total. The lowest BCUT2D eigenvalue weighted by Gasteiger charge is -2.09. The van der Waals surface area contributed by atoms with Gasteiger partial charge in [-0.1, -0.05) is 24.3 Å². The van der Waals surface area contributed by atoms with Gasteiger partial charge in [0, 0.05) is 18.7 Å². The van der Waals surface area contributed by atoms with Gasteiger partial charge in [-0.2, -0.15) is 0 Å². The molecule has 0 saturated carbocycles. The zero-order chi connectivity index (χ0) is 22.0. The van der Waals surface area contributed by atoms with Crippen LogP contribution in [0, 0.1) is 4.77 Å². The number of nitrogens with one attached hydrogen (secondary N) is 2. The van der Waals surface area contributed by atoms with Gasteiger partial charge >= 0.3 is 0 Å². The Morgan fingerprint density at radius 2 is 1.94 bits per heavy atom. The first-order chi connectivity index (χ1) is 15.0. The molecule has 156 valence electrons. The Kier molecular flexibility index (Phi) is 5.68. The van der Waals surface area contributed by atoms with Gasteiger partial charge in [-0.05, 0) is 65.0 Å². The van der Waals surface area contributed by atoms with Crippen LogP contribution in [0.2, 0.25) is 0 Å². The molecule has 0 fully saturated rings. The molecule has 0 aliphatic carbocycles. The number of hydrogen-bond donors (Lipinski definition) is 2. The Hall–Kier alpha value is -3.71. The number of carbonyl (C=O) groups excluding carboxylic acids is 1. The van der Waals surface area contributed by atoms with Gasteiger partial charge in [0.15, 0.2) is 4.77 Å². The highest BCUT2D eigenvalue weighted by Crippen LogP contribution is 2.22. The number of benzene rings is 3. The van der Waals surface area contributed by atoms with Gasteiger partial charge in [-0.15, -0.1) is 6.58 Å². The first kappa shape index (κ1) is 20.6. The van der Waals surface area contributed by atoms with Crippen molar-refractivity contribution in [3.05, 3.63) is 93.5 Å². The van der Waals surface area contributed by atoms with Gasteiger partial charge in [-0.25, -0.2) is 0 Å². The number of carbonyl (C=O) groups is 1. The van der Waals surface area contributed by atoms with Gasteiger partial charge in [0.2, 0.25) is 0 Å². The molecule has 1 aromatic heterocycles. The molecular formula is C24H21N3O3S. The largest absolute Gasteiger partial charge is 0.497 e. The van der Waals surface area contributed by atoms with Crippen LogP contribution in [0.5, 0.6) is 5.75 Å². The number of hydrogen-bond acceptors (Lipinski definition) is 4. The summed E-state index contributed by atoms with van der Waals surface area (Å²) in [6.07, 6.45) is 1.61. The van der Waals surface area contributed by atoms with Crippen molar-refractivity contribution in [2.45, 2.75) is 13.1 Å². The van der Waals surface area contributed by atoms with E-state index in [1.54, 1.807) is 31.4 Å². The fraction of sp³-hybridized carbons (Fsp3) is 0.125. The summed E-state index contributed by atoms with van der Waals surface area (Å²) in [7, 11) is 1.64. The number of allylic oxidation sites excluding steroid dienone is 1. The lowest BCUT2D eigenvalue weighted by Crippen LogP contribution is -2.24. The average molecular weight is 432 g/mol. The first-order valence-corrected chi connectivity index (χ1v) is 10.1. The number of rotatable bonds is 6. The molecule has 0 spiro atoms. The molecule has 0 aliphatic heterocycles. The number of nitrogens with zero attached hydrogens (tertiary/aromatic N) is 1. The molecular weight excluding hydrogens is 410 g/mol. The van der Waals surface area contributed by atoms with Crippen LogP contribution in [-0.4, -0.2) is 22.6 Å².